The van der Waals surface area contributed by atoms with Gasteiger partial charge in [0.05, 0.1) is 13.2 Å². The first-order valence-corrected chi connectivity index (χ1v) is 14.1. The van der Waals surface area contributed by atoms with Gasteiger partial charge in [-0.25, -0.2) is 0 Å². The monoisotopic (exact) mass is 528 g/mol. The number of primary amides is 1. The van der Waals surface area contributed by atoms with E-state index in [0.29, 0.717) is 13.0 Å². The van der Waals surface area contributed by atoms with Crippen molar-refractivity contribution in [1.82, 2.24) is 15.5 Å². The molecule has 3 aromatic carbocycles. The van der Waals surface area contributed by atoms with E-state index in [-0.39, 0.29) is 35.9 Å². The quantitative estimate of drug-likeness (QED) is 0.308. The fourth-order valence-corrected chi connectivity index (χ4v) is 6.12. The maximum Gasteiger partial charge on any atom is 0.234 e. The number of likely N-dealkylation sites (N-methyl/N-ethyl adjacent to an activating group) is 1. The molecule has 0 radical (unpaired) electrons. The van der Waals surface area contributed by atoms with Gasteiger partial charge in [-0.15, -0.1) is 0 Å². The van der Waals surface area contributed by atoms with Crippen LogP contribution < -0.4 is 21.1 Å². The Morgan fingerprint density at radius 1 is 1.05 bits per heavy atom. The lowest BCUT2D eigenvalue weighted by Gasteiger charge is -2.34. The third kappa shape index (κ3) is 7.07. The second kappa shape index (κ2) is 13.7. The zero-order valence-electron chi connectivity index (χ0n) is 23.8. The van der Waals surface area contributed by atoms with Gasteiger partial charge >= 0.3 is 0 Å². The van der Waals surface area contributed by atoms with Crippen molar-refractivity contribution in [2.45, 2.75) is 56.8 Å². The molecule has 4 atom stereocenters. The molecule has 0 aliphatic carbocycles. The first-order valence-electron chi connectivity index (χ1n) is 14.1. The van der Waals surface area contributed by atoms with Crippen LogP contribution in [0.3, 0.4) is 0 Å². The first-order chi connectivity index (χ1) is 18.9. The van der Waals surface area contributed by atoms with Gasteiger partial charge in [0.25, 0.3) is 0 Å². The van der Waals surface area contributed by atoms with Crippen molar-refractivity contribution in [2.75, 3.05) is 27.7 Å². The molecule has 4 N–H and O–H groups in total. The number of carbonyl (C=O) groups is 1. The van der Waals surface area contributed by atoms with Crippen molar-refractivity contribution in [3.05, 3.63) is 101 Å². The fraction of sp³-hybridized carbons (Fsp3) is 0.424. The topological polar surface area (TPSA) is 79.6 Å². The highest BCUT2D eigenvalue weighted by atomic mass is 16.5. The van der Waals surface area contributed by atoms with Gasteiger partial charge in [-0.3, -0.25) is 9.69 Å². The zero-order valence-corrected chi connectivity index (χ0v) is 23.8. The average molecular weight is 529 g/mol. The highest BCUT2D eigenvalue weighted by Crippen LogP contribution is 2.36. The van der Waals surface area contributed by atoms with Crippen molar-refractivity contribution in [3.8, 4) is 5.75 Å². The van der Waals surface area contributed by atoms with Crippen molar-refractivity contribution < 1.29 is 9.53 Å². The summed E-state index contributed by atoms with van der Waals surface area (Å²) in [5, 5.41) is 7.80. The number of methoxy groups -OCH3 is 1. The number of aryl methyl sites for hydroxylation is 1. The van der Waals surface area contributed by atoms with Crippen molar-refractivity contribution in [3.63, 3.8) is 0 Å². The van der Waals surface area contributed by atoms with Gasteiger partial charge in [0.15, 0.2) is 0 Å². The smallest absolute Gasteiger partial charge is 0.234 e. The maximum atomic E-state index is 12.4. The molecule has 1 heterocycles. The molecule has 3 aromatic rings. The van der Waals surface area contributed by atoms with Crippen LogP contribution in [-0.2, 0) is 17.8 Å². The summed E-state index contributed by atoms with van der Waals surface area (Å²) in [6.45, 7) is 3.69. The van der Waals surface area contributed by atoms with Crippen LogP contribution in [0.1, 0.15) is 47.9 Å². The normalized spacial score (nSPS) is 19.9. The van der Waals surface area contributed by atoms with E-state index in [4.69, 9.17) is 10.5 Å². The molecule has 4 rings (SSSR count). The molecule has 1 fully saturated rings. The average Bonchev–Trinajstić information content (AvgIpc) is 3.33. The van der Waals surface area contributed by atoms with E-state index < -0.39 is 0 Å². The summed E-state index contributed by atoms with van der Waals surface area (Å²) in [4.78, 5) is 14.3. The molecule has 0 bridgehead atoms. The summed E-state index contributed by atoms with van der Waals surface area (Å²) < 4.78 is 5.74. The molecule has 0 saturated carbocycles. The number of nitrogens with zero attached hydrogens (tertiary/aromatic N) is 1. The van der Waals surface area contributed by atoms with Gasteiger partial charge in [-0.2, -0.15) is 0 Å². The summed E-state index contributed by atoms with van der Waals surface area (Å²) in [5.74, 6) is 0.982. The lowest BCUT2D eigenvalue weighted by Crippen LogP contribution is -2.49. The Hall–Kier alpha value is -3.19. The molecule has 0 spiro atoms. The summed E-state index contributed by atoms with van der Waals surface area (Å²) in [5.41, 5.74) is 10.9. The van der Waals surface area contributed by atoms with Crippen molar-refractivity contribution in [2.24, 2.45) is 11.7 Å². The summed E-state index contributed by atoms with van der Waals surface area (Å²) in [7, 11) is 5.59. The molecule has 0 aromatic heterocycles. The number of benzene rings is 3. The van der Waals surface area contributed by atoms with Crippen LogP contribution in [0.25, 0.3) is 0 Å². The number of nitrogens with one attached hydrogen (secondary N) is 2. The predicted molar refractivity (Wildman–Crippen MR) is 159 cm³/mol. The minimum atomic E-state index is -0.325. The maximum absolute atomic E-state index is 12.4. The minimum absolute atomic E-state index is 0.108. The Bertz CT molecular complexity index is 1150. The summed E-state index contributed by atoms with van der Waals surface area (Å²) >= 11 is 0. The molecular weight excluding hydrogens is 484 g/mol. The molecule has 1 saturated heterocycles. The van der Waals surface area contributed by atoms with Gasteiger partial charge in [-0.1, -0.05) is 86.1 Å². The fourth-order valence-electron chi connectivity index (χ4n) is 6.12. The van der Waals surface area contributed by atoms with Crippen LogP contribution in [0, 0.1) is 5.92 Å². The Morgan fingerprint density at radius 3 is 2.23 bits per heavy atom. The van der Waals surface area contributed by atoms with Gasteiger partial charge in [0.1, 0.15) is 5.75 Å². The highest BCUT2D eigenvalue weighted by molar-refractivity contribution is 5.79. The molecule has 1 aliphatic rings. The Balaban J connectivity index is 1.69. The SMILES string of the molecule is CCCc1ccc(OC)c(CN[C@H]2[C@@H](CC(C(N)=O)N(C)C)CN[C@H]2C(c2ccccc2)c2ccccc2)c1. The molecule has 6 heteroatoms. The van der Waals surface area contributed by atoms with Gasteiger partial charge in [0.2, 0.25) is 5.91 Å². The van der Waals surface area contributed by atoms with E-state index in [1.807, 2.05) is 19.0 Å². The number of ether oxygens (including phenoxy) is 1. The van der Waals surface area contributed by atoms with Crippen LogP contribution in [0.15, 0.2) is 78.9 Å². The van der Waals surface area contributed by atoms with Crippen molar-refractivity contribution >= 4 is 5.91 Å². The number of hydrogen-bond donors (Lipinski definition) is 3. The molecule has 39 heavy (non-hydrogen) atoms. The summed E-state index contributed by atoms with van der Waals surface area (Å²) in [6.07, 6.45) is 2.83. The van der Waals surface area contributed by atoms with E-state index >= 15 is 0 Å². The number of rotatable bonds is 13. The van der Waals surface area contributed by atoms with E-state index in [1.165, 1.54) is 16.7 Å². The Morgan fingerprint density at radius 2 is 1.69 bits per heavy atom. The van der Waals surface area contributed by atoms with Crippen LogP contribution in [0.5, 0.6) is 5.75 Å². The second-order valence-corrected chi connectivity index (χ2v) is 10.9. The number of carbonyl (C=O) groups excluding carboxylic acids is 1. The largest absolute Gasteiger partial charge is 0.496 e. The van der Waals surface area contributed by atoms with Crippen molar-refractivity contribution in [1.29, 1.82) is 0 Å². The second-order valence-electron chi connectivity index (χ2n) is 10.9. The number of nitrogens with two attached hydrogens (primary N) is 1. The Labute approximate surface area is 233 Å². The van der Waals surface area contributed by atoms with Crippen LogP contribution in [0.4, 0.5) is 0 Å². The lowest BCUT2D eigenvalue weighted by molar-refractivity contribution is -0.122. The molecular formula is C33H44N4O2. The van der Waals surface area contributed by atoms with Crippen LogP contribution in [0.2, 0.25) is 0 Å². The number of hydrogen-bond acceptors (Lipinski definition) is 5. The van der Waals surface area contributed by atoms with E-state index in [0.717, 1.165) is 30.7 Å². The van der Waals surface area contributed by atoms with Gasteiger partial charge in [0, 0.05) is 30.1 Å². The molecule has 6 nitrogen and oxygen atoms in total. The first kappa shape index (κ1) is 28.8. The lowest BCUT2D eigenvalue weighted by atomic mass is 9.79. The van der Waals surface area contributed by atoms with E-state index in [1.54, 1.807) is 7.11 Å². The van der Waals surface area contributed by atoms with Crippen LogP contribution >= 0.6 is 0 Å². The molecule has 208 valence electrons. The molecule has 1 amide bonds. The third-order valence-corrected chi connectivity index (χ3v) is 8.08. The highest BCUT2D eigenvalue weighted by Gasteiger charge is 2.42. The predicted octanol–water partition coefficient (Wildman–Crippen LogP) is 4.33. The number of amides is 1. The molecule has 1 aliphatic heterocycles. The van der Waals surface area contributed by atoms with E-state index in [2.05, 4.69) is 96.4 Å². The minimum Gasteiger partial charge on any atom is -0.496 e. The standard InChI is InChI=1S/C33H44N4O2/c1-5-12-23-17-18-29(39-4)26(19-23)21-35-31-27(20-28(33(34)38)37(2)3)22-36-32(31)30(24-13-8-6-9-14-24)25-15-10-7-11-16-25/h6-11,13-19,27-28,30-32,35-36H,5,12,20-22H2,1-4H3,(H2,34,38)/t27-,28?,31-,32-/m0/s1. The Kier molecular flexibility index (Phi) is 10.2. The van der Waals surface area contributed by atoms with Gasteiger partial charge < -0.3 is 21.1 Å². The van der Waals surface area contributed by atoms with E-state index in [9.17, 15) is 4.79 Å². The third-order valence-electron chi connectivity index (χ3n) is 8.08. The molecule has 1 unspecified atom stereocenters. The summed E-state index contributed by atoms with van der Waals surface area (Å²) in [6, 6.07) is 27.8. The van der Waals surface area contributed by atoms with Gasteiger partial charge in [-0.05, 0) is 62.2 Å². The van der Waals surface area contributed by atoms with Crippen LogP contribution in [-0.4, -0.2) is 56.7 Å². The zero-order chi connectivity index (χ0) is 27.8.